The van der Waals surface area contributed by atoms with E-state index in [0.29, 0.717) is 37.1 Å². The summed E-state index contributed by atoms with van der Waals surface area (Å²) in [5, 5.41) is 14.6. The van der Waals surface area contributed by atoms with Gasteiger partial charge in [0.25, 0.3) is 0 Å². The SMILES string of the molecule is CC1CCCN(c2nccc(Nc3cc4c(CCO)cnc(N5CC(F)C5)c4cn3)n2)C1. The van der Waals surface area contributed by atoms with E-state index in [4.69, 9.17) is 4.98 Å². The summed E-state index contributed by atoms with van der Waals surface area (Å²) in [6, 6.07) is 3.78. The van der Waals surface area contributed by atoms with Gasteiger partial charge in [-0.1, -0.05) is 6.92 Å². The maximum Gasteiger partial charge on any atom is 0.227 e. The van der Waals surface area contributed by atoms with E-state index in [9.17, 15) is 9.50 Å². The molecule has 5 rings (SSSR count). The van der Waals surface area contributed by atoms with Gasteiger partial charge in [-0.15, -0.1) is 0 Å². The van der Waals surface area contributed by atoms with Gasteiger partial charge in [0, 0.05) is 43.7 Å². The zero-order valence-corrected chi connectivity index (χ0v) is 18.2. The van der Waals surface area contributed by atoms with E-state index in [1.54, 1.807) is 18.6 Å². The predicted molar refractivity (Wildman–Crippen MR) is 123 cm³/mol. The number of nitrogens with zero attached hydrogens (tertiary/aromatic N) is 6. The average Bonchev–Trinajstić information content (AvgIpc) is 2.78. The zero-order valence-electron chi connectivity index (χ0n) is 18.2. The molecule has 1 atom stereocenters. The Morgan fingerprint density at radius 3 is 2.75 bits per heavy atom. The van der Waals surface area contributed by atoms with Crippen molar-refractivity contribution in [2.24, 2.45) is 5.92 Å². The van der Waals surface area contributed by atoms with Crippen LogP contribution in [-0.4, -0.2) is 64.0 Å². The van der Waals surface area contributed by atoms with E-state index < -0.39 is 6.17 Å². The number of piperidine rings is 1. The standard InChI is InChI=1S/C23H28FN7O/c1-15-3-2-7-30(12-15)23-25-6-4-20(29-23)28-21-9-18-16(5-8-32)10-27-22(19(18)11-26-21)31-13-17(24)14-31/h4,6,9-11,15,17,32H,2-3,5,7-8,12-14H2,1H3,(H,25,26,28,29). The van der Waals surface area contributed by atoms with Crippen molar-refractivity contribution in [3.63, 3.8) is 0 Å². The zero-order chi connectivity index (χ0) is 22.1. The summed E-state index contributed by atoms with van der Waals surface area (Å²) in [5.74, 6) is 3.43. The van der Waals surface area contributed by atoms with Gasteiger partial charge in [0.05, 0.1) is 13.1 Å². The minimum atomic E-state index is -0.812. The van der Waals surface area contributed by atoms with Gasteiger partial charge < -0.3 is 20.2 Å². The van der Waals surface area contributed by atoms with Gasteiger partial charge >= 0.3 is 0 Å². The molecule has 2 saturated heterocycles. The molecule has 3 aromatic heterocycles. The van der Waals surface area contributed by atoms with Crippen LogP contribution in [0.5, 0.6) is 0 Å². The van der Waals surface area contributed by atoms with E-state index in [2.05, 4.69) is 32.1 Å². The number of hydrogen-bond donors (Lipinski definition) is 2. The lowest BCUT2D eigenvalue weighted by atomic mass is 10.0. The molecule has 0 bridgehead atoms. The molecule has 0 radical (unpaired) electrons. The highest BCUT2D eigenvalue weighted by Gasteiger charge is 2.29. The van der Waals surface area contributed by atoms with Crippen LogP contribution in [0.25, 0.3) is 10.8 Å². The van der Waals surface area contributed by atoms with E-state index in [-0.39, 0.29) is 6.61 Å². The van der Waals surface area contributed by atoms with Crippen molar-refractivity contribution in [1.82, 2.24) is 19.9 Å². The fourth-order valence-electron chi connectivity index (χ4n) is 4.49. The van der Waals surface area contributed by atoms with Gasteiger partial charge in [0.15, 0.2) is 0 Å². The highest BCUT2D eigenvalue weighted by Crippen LogP contribution is 2.32. The number of pyridine rings is 2. The van der Waals surface area contributed by atoms with Crippen LogP contribution in [0.15, 0.2) is 30.7 Å². The number of alkyl halides is 1. The van der Waals surface area contributed by atoms with Crippen LogP contribution in [0.3, 0.4) is 0 Å². The van der Waals surface area contributed by atoms with Crippen LogP contribution in [0, 0.1) is 5.92 Å². The highest BCUT2D eigenvalue weighted by molar-refractivity contribution is 5.95. The third kappa shape index (κ3) is 4.17. The fourth-order valence-corrected chi connectivity index (χ4v) is 4.49. The molecule has 3 aromatic rings. The molecule has 1 unspecified atom stereocenters. The van der Waals surface area contributed by atoms with Gasteiger partial charge in [-0.25, -0.2) is 19.3 Å². The van der Waals surface area contributed by atoms with Gasteiger partial charge in [-0.3, -0.25) is 0 Å². The number of fused-ring (bicyclic) bond motifs is 1. The van der Waals surface area contributed by atoms with Crippen LogP contribution in [-0.2, 0) is 6.42 Å². The summed E-state index contributed by atoms with van der Waals surface area (Å²) in [4.78, 5) is 22.4. The summed E-state index contributed by atoms with van der Waals surface area (Å²) >= 11 is 0. The molecule has 2 N–H and O–H groups in total. The second-order valence-corrected chi connectivity index (χ2v) is 8.76. The molecule has 2 aliphatic heterocycles. The molecule has 0 saturated carbocycles. The number of aromatic nitrogens is 4. The number of anilines is 4. The summed E-state index contributed by atoms with van der Waals surface area (Å²) in [6.07, 6.45) is 7.37. The first kappa shape index (κ1) is 20.8. The van der Waals surface area contributed by atoms with Crippen LogP contribution in [0.2, 0.25) is 0 Å². The van der Waals surface area contributed by atoms with Crippen LogP contribution < -0.4 is 15.1 Å². The van der Waals surface area contributed by atoms with E-state index in [0.717, 1.165) is 47.6 Å². The predicted octanol–water partition coefficient (Wildman–Crippen LogP) is 3.09. The molecule has 2 aliphatic rings. The minimum Gasteiger partial charge on any atom is -0.396 e. The smallest absolute Gasteiger partial charge is 0.227 e. The second kappa shape index (κ2) is 8.82. The first-order chi connectivity index (χ1) is 15.6. The lowest BCUT2D eigenvalue weighted by Crippen LogP contribution is -2.48. The third-order valence-electron chi connectivity index (χ3n) is 6.19. The average molecular weight is 438 g/mol. The Labute approximate surface area is 186 Å². The Balaban J connectivity index is 1.43. The molecule has 32 heavy (non-hydrogen) atoms. The minimum absolute atomic E-state index is 0.0288. The Hall–Kier alpha value is -3.07. The van der Waals surface area contributed by atoms with Crippen molar-refractivity contribution >= 4 is 34.2 Å². The molecular weight excluding hydrogens is 409 g/mol. The second-order valence-electron chi connectivity index (χ2n) is 8.76. The number of hydrogen-bond acceptors (Lipinski definition) is 8. The monoisotopic (exact) mass is 437 g/mol. The number of halogens is 1. The topological polar surface area (TPSA) is 90.3 Å². The Bertz CT molecular complexity index is 1100. The van der Waals surface area contributed by atoms with Crippen molar-refractivity contribution in [3.05, 3.63) is 36.3 Å². The van der Waals surface area contributed by atoms with Crippen LogP contribution >= 0.6 is 0 Å². The third-order valence-corrected chi connectivity index (χ3v) is 6.19. The molecule has 8 nitrogen and oxygen atoms in total. The summed E-state index contributed by atoms with van der Waals surface area (Å²) in [7, 11) is 0. The van der Waals surface area contributed by atoms with E-state index >= 15 is 0 Å². The summed E-state index contributed by atoms with van der Waals surface area (Å²) in [5.41, 5.74) is 0.930. The lowest BCUT2D eigenvalue weighted by Gasteiger charge is -2.36. The molecule has 0 aromatic carbocycles. The van der Waals surface area contributed by atoms with Gasteiger partial charge in [0.1, 0.15) is 23.6 Å². The largest absolute Gasteiger partial charge is 0.396 e. The fraction of sp³-hybridized carbons (Fsp3) is 0.478. The molecule has 168 valence electrons. The quantitative estimate of drug-likeness (QED) is 0.608. The number of aliphatic hydroxyl groups is 1. The van der Waals surface area contributed by atoms with Crippen molar-refractivity contribution in [1.29, 1.82) is 0 Å². The normalized spacial score (nSPS) is 19.3. The molecular formula is C23H28FN7O. The van der Waals surface area contributed by atoms with Crippen LogP contribution in [0.1, 0.15) is 25.3 Å². The van der Waals surface area contributed by atoms with Crippen molar-refractivity contribution in [3.8, 4) is 0 Å². The highest BCUT2D eigenvalue weighted by atomic mass is 19.1. The molecule has 0 aliphatic carbocycles. The van der Waals surface area contributed by atoms with Gasteiger partial charge in [-0.05, 0) is 48.3 Å². The lowest BCUT2D eigenvalue weighted by molar-refractivity contribution is 0.274. The van der Waals surface area contributed by atoms with Gasteiger partial charge in [0.2, 0.25) is 5.95 Å². The number of aliphatic hydroxyl groups excluding tert-OH is 1. The molecule has 5 heterocycles. The van der Waals surface area contributed by atoms with Crippen LogP contribution in [0.4, 0.5) is 27.8 Å². The van der Waals surface area contributed by atoms with E-state index in [1.165, 1.54) is 6.42 Å². The van der Waals surface area contributed by atoms with Crippen molar-refractivity contribution < 1.29 is 9.50 Å². The summed E-state index contributed by atoms with van der Waals surface area (Å²) in [6.45, 7) is 4.92. The number of rotatable bonds is 6. The molecule has 9 heteroatoms. The first-order valence-electron chi connectivity index (χ1n) is 11.2. The Kier molecular flexibility index (Phi) is 5.73. The van der Waals surface area contributed by atoms with Crippen molar-refractivity contribution in [2.45, 2.75) is 32.4 Å². The Morgan fingerprint density at radius 1 is 1.09 bits per heavy atom. The Morgan fingerprint density at radius 2 is 1.97 bits per heavy atom. The van der Waals surface area contributed by atoms with Gasteiger partial charge in [-0.2, -0.15) is 4.98 Å². The molecule has 0 amide bonds. The van der Waals surface area contributed by atoms with Crippen molar-refractivity contribution in [2.75, 3.05) is 47.9 Å². The maximum absolute atomic E-state index is 13.4. The van der Waals surface area contributed by atoms with E-state index in [1.807, 2.05) is 17.0 Å². The molecule has 2 fully saturated rings. The summed E-state index contributed by atoms with van der Waals surface area (Å²) < 4.78 is 13.4. The molecule has 0 spiro atoms. The maximum atomic E-state index is 13.4. The number of nitrogens with one attached hydrogen (secondary N) is 1. The first-order valence-corrected chi connectivity index (χ1v) is 11.2.